The molecule has 0 radical (unpaired) electrons. The van der Waals surface area contributed by atoms with E-state index in [1.165, 1.54) is 25.7 Å². The Morgan fingerprint density at radius 2 is 1.71 bits per heavy atom. The highest BCUT2D eigenvalue weighted by Crippen LogP contribution is 2.43. The van der Waals surface area contributed by atoms with Crippen LogP contribution in [0.2, 0.25) is 0 Å². The number of likely N-dealkylation sites (tertiary alicyclic amines) is 1. The lowest BCUT2D eigenvalue weighted by atomic mass is 9.80. The van der Waals surface area contributed by atoms with Crippen LogP contribution in [0.4, 0.5) is 8.78 Å². The zero-order valence-electron chi connectivity index (χ0n) is 12.1. The monoisotopic (exact) mass is 300 g/mol. The van der Waals surface area contributed by atoms with Crippen molar-refractivity contribution < 1.29 is 18.4 Å². The summed E-state index contributed by atoms with van der Waals surface area (Å²) < 4.78 is 26.2. The summed E-state index contributed by atoms with van der Waals surface area (Å²) in [5.41, 5.74) is 0. The minimum absolute atomic E-state index is 0.139. The molecule has 3 aliphatic rings. The summed E-state index contributed by atoms with van der Waals surface area (Å²) in [5.74, 6) is -3.78. The molecule has 2 aliphatic carbocycles. The number of hydrogen-bond donors (Lipinski definition) is 1. The van der Waals surface area contributed by atoms with E-state index in [0.29, 0.717) is 11.8 Å². The van der Waals surface area contributed by atoms with Gasteiger partial charge in [0.1, 0.15) is 5.92 Å². The third kappa shape index (κ3) is 2.90. The number of alkyl halides is 2. The van der Waals surface area contributed by atoms with Crippen molar-refractivity contribution in [3.05, 3.63) is 0 Å². The Morgan fingerprint density at radius 1 is 1.10 bits per heavy atom. The minimum Gasteiger partial charge on any atom is -0.347 e. The molecule has 1 aliphatic heterocycles. The number of rotatable bonds is 3. The number of fused-ring (bicyclic) bond motifs is 1. The van der Waals surface area contributed by atoms with Gasteiger partial charge in [0.25, 0.3) is 5.92 Å². The van der Waals surface area contributed by atoms with E-state index >= 15 is 0 Å². The SMILES string of the molecule is O=C(NCC(=O)N1CC2CCCCC2C1)C1CCC1(F)F. The Kier molecular flexibility index (Phi) is 3.88. The lowest BCUT2D eigenvalue weighted by Crippen LogP contribution is -2.50. The molecule has 3 atom stereocenters. The highest BCUT2D eigenvalue weighted by Gasteiger charge is 2.52. The molecule has 21 heavy (non-hydrogen) atoms. The van der Waals surface area contributed by atoms with E-state index in [1.54, 1.807) is 4.90 Å². The van der Waals surface area contributed by atoms with E-state index in [0.717, 1.165) is 13.1 Å². The van der Waals surface area contributed by atoms with Crippen LogP contribution in [-0.4, -0.2) is 42.3 Å². The number of carbonyl (C=O) groups is 2. The first kappa shape index (κ1) is 14.7. The van der Waals surface area contributed by atoms with Crippen LogP contribution in [0.3, 0.4) is 0 Å². The maximum absolute atomic E-state index is 13.1. The highest BCUT2D eigenvalue weighted by molar-refractivity contribution is 5.87. The van der Waals surface area contributed by atoms with Crippen LogP contribution in [0.25, 0.3) is 0 Å². The molecule has 3 unspecified atom stereocenters. The standard InChI is InChI=1S/C15H22F2N2O2/c16-15(17)6-5-12(15)14(21)18-7-13(20)19-8-10-3-1-2-4-11(10)9-19/h10-12H,1-9H2,(H,18,21). The van der Waals surface area contributed by atoms with Gasteiger partial charge in [-0.05, 0) is 31.1 Å². The van der Waals surface area contributed by atoms with Crippen LogP contribution in [-0.2, 0) is 9.59 Å². The van der Waals surface area contributed by atoms with Crippen molar-refractivity contribution in [2.75, 3.05) is 19.6 Å². The molecule has 0 aromatic rings. The van der Waals surface area contributed by atoms with Gasteiger partial charge < -0.3 is 10.2 Å². The molecule has 1 N–H and O–H groups in total. The van der Waals surface area contributed by atoms with E-state index in [2.05, 4.69) is 5.32 Å². The predicted octanol–water partition coefficient (Wildman–Crippen LogP) is 1.80. The van der Waals surface area contributed by atoms with Gasteiger partial charge in [-0.25, -0.2) is 8.78 Å². The van der Waals surface area contributed by atoms with E-state index in [-0.39, 0.29) is 25.3 Å². The molecule has 3 rings (SSSR count). The van der Waals surface area contributed by atoms with Crippen molar-refractivity contribution in [2.24, 2.45) is 17.8 Å². The van der Waals surface area contributed by atoms with Crippen molar-refractivity contribution in [2.45, 2.75) is 44.4 Å². The third-order valence-corrected chi connectivity index (χ3v) is 5.34. The summed E-state index contributed by atoms with van der Waals surface area (Å²) in [6.07, 6.45) is 4.80. The van der Waals surface area contributed by atoms with Crippen LogP contribution in [0.1, 0.15) is 38.5 Å². The molecule has 1 heterocycles. The van der Waals surface area contributed by atoms with E-state index in [4.69, 9.17) is 0 Å². The maximum atomic E-state index is 13.1. The van der Waals surface area contributed by atoms with Gasteiger partial charge in [-0.1, -0.05) is 12.8 Å². The van der Waals surface area contributed by atoms with Crippen LogP contribution in [0, 0.1) is 17.8 Å². The molecule has 3 fully saturated rings. The van der Waals surface area contributed by atoms with Crippen molar-refractivity contribution in [1.29, 1.82) is 0 Å². The molecule has 0 spiro atoms. The first-order chi connectivity index (χ1) is 9.97. The second kappa shape index (κ2) is 5.54. The molecule has 1 saturated heterocycles. The average molecular weight is 300 g/mol. The number of carbonyl (C=O) groups excluding carboxylic acids is 2. The molecular formula is C15H22F2N2O2. The third-order valence-electron chi connectivity index (χ3n) is 5.34. The summed E-state index contributed by atoms with van der Waals surface area (Å²) in [6, 6.07) is 0. The van der Waals surface area contributed by atoms with Crippen LogP contribution < -0.4 is 5.32 Å². The van der Waals surface area contributed by atoms with Crippen molar-refractivity contribution >= 4 is 11.8 Å². The van der Waals surface area contributed by atoms with Crippen molar-refractivity contribution in [3.8, 4) is 0 Å². The smallest absolute Gasteiger partial charge is 0.259 e. The Balaban J connectivity index is 1.45. The molecule has 0 aromatic heterocycles. The van der Waals surface area contributed by atoms with Crippen LogP contribution in [0.15, 0.2) is 0 Å². The fourth-order valence-electron chi connectivity index (χ4n) is 3.84. The lowest BCUT2D eigenvalue weighted by Gasteiger charge is -2.34. The Bertz CT molecular complexity index is 427. The topological polar surface area (TPSA) is 49.4 Å². The van der Waals surface area contributed by atoms with Crippen LogP contribution >= 0.6 is 0 Å². The Labute approximate surface area is 123 Å². The van der Waals surface area contributed by atoms with Crippen LogP contribution in [0.5, 0.6) is 0 Å². The zero-order chi connectivity index (χ0) is 15.0. The fourth-order valence-corrected chi connectivity index (χ4v) is 3.84. The molecule has 2 saturated carbocycles. The summed E-state index contributed by atoms with van der Waals surface area (Å²) >= 11 is 0. The van der Waals surface area contributed by atoms with E-state index < -0.39 is 17.7 Å². The van der Waals surface area contributed by atoms with Gasteiger partial charge in [-0.3, -0.25) is 9.59 Å². The Hall–Kier alpha value is -1.20. The maximum Gasteiger partial charge on any atom is 0.259 e. The first-order valence-electron chi connectivity index (χ1n) is 7.90. The van der Waals surface area contributed by atoms with E-state index in [1.807, 2.05) is 0 Å². The van der Waals surface area contributed by atoms with Crippen molar-refractivity contribution in [1.82, 2.24) is 10.2 Å². The van der Waals surface area contributed by atoms with Crippen molar-refractivity contribution in [3.63, 3.8) is 0 Å². The number of hydrogen-bond acceptors (Lipinski definition) is 2. The fraction of sp³-hybridized carbons (Fsp3) is 0.867. The number of amides is 2. The van der Waals surface area contributed by atoms with Gasteiger partial charge in [0.2, 0.25) is 11.8 Å². The molecule has 2 amide bonds. The van der Waals surface area contributed by atoms with Gasteiger partial charge in [-0.2, -0.15) is 0 Å². The number of nitrogens with zero attached hydrogens (tertiary/aromatic N) is 1. The largest absolute Gasteiger partial charge is 0.347 e. The predicted molar refractivity (Wildman–Crippen MR) is 72.7 cm³/mol. The molecular weight excluding hydrogens is 278 g/mol. The first-order valence-corrected chi connectivity index (χ1v) is 7.90. The molecule has 118 valence electrons. The number of halogens is 2. The van der Waals surface area contributed by atoms with Gasteiger partial charge in [-0.15, -0.1) is 0 Å². The van der Waals surface area contributed by atoms with Gasteiger partial charge in [0.15, 0.2) is 0 Å². The molecule has 6 heteroatoms. The van der Waals surface area contributed by atoms with Gasteiger partial charge in [0, 0.05) is 19.5 Å². The quantitative estimate of drug-likeness (QED) is 0.864. The normalized spacial score (nSPS) is 34.0. The summed E-state index contributed by atoms with van der Waals surface area (Å²) in [5, 5.41) is 2.39. The number of nitrogens with one attached hydrogen (secondary N) is 1. The summed E-state index contributed by atoms with van der Waals surface area (Å²) in [7, 11) is 0. The lowest BCUT2D eigenvalue weighted by molar-refractivity contribution is -0.163. The minimum atomic E-state index is -2.89. The molecule has 0 aromatic carbocycles. The highest BCUT2D eigenvalue weighted by atomic mass is 19.3. The van der Waals surface area contributed by atoms with Gasteiger partial charge >= 0.3 is 0 Å². The van der Waals surface area contributed by atoms with E-state index in [9.17, 15) is 18.4 Å². The summed E-state index contributed by atoms with van der Waals surface area (Å²) in [4.78, 5) is 25.5. The Morgan fingerprint density at radius 3 is 2.19 bits per heavy atom. The second-order valence-electron chi connectivity index (χ2n) is 6.67. The van der Waals surface area contributed by atoms with Gasteiger partial charge in [0.05, 0.1) is 6.54 Å². The zero-order valence-corrected chi connectivity index (χ0v) is 12.1. The molecule has 0 bridgehead atoms. The average Bonchev–Trinajstić information content (AvgIpc) is 2.87. The summed E-state index contributed by atoms with van der Waals surface area (Å²) in [6.45, 7) is 1.38. The molecule has 4 nitrogen and oxygen atoms in total. The second-order valence-corrected chi connectivity index (χ2v) is 6.67.